The summed E-state index contributed by atoms with van der Waals surface area (Å²) in [4.78, 5) is 26.5. The van der Waals surface area contributed by atoms with Gasteiger partial charge in [0.15, 0.2) is 11.5 Å². The van der Waals surface area contributed by atoms with Crippen LogP contribution >= 0.6 is 0 Å². The zero-order chi connectivity index (χ0) is 19.6. The molecule has 1 aromatic carbocycles. The number of hydrogen-bond donors (Lipinski definition) is 1. The first-order valence-corrected chi connectivity index (χ1v) is 9.71. The molecule has 27 heavy (non-hydrogen) atoms. The third-order valence-corrected chi connectivity index (χ3v) is 5.95. The summed E-state index contributed by atoms with van der Waals surface area (Å²) < 4.78 is 11.2. The third-order valence-electron chi connectivity index (χ3n) is 5.95. The highest BCUT2D eigenvalue weighted by atomic mass is 16.5. The van der Waals surface area contributed by atoms with Gasteiger partial charge in [0.05, 0.1) is 19.1 Å². The largest absolute Gasteiger partial charge is 0.493 e. The first-order valence-electron chi connectivity index (χ1n) is 9.71. The van der Waals surface area contributed by atoms with E-state index in [1.807, 2.05) is 0 Å². The molecule has 0 spiro atoms. The van der Waals surface area contributed by atoms with Gasteiger partial charge in [-0.2, -0.15) is 0 Å². The molecule has 0 radical (unpaired) electrons. The molecule has 1 aliphatic heterocycles. The molecule has 2 atom stereocenters. The van der Waals surface area contributed by atoms with Gasteiger partial charge in [-0.05, 0) is 49.3 Å². The Balaban J connectivity index is 1.73. The summed E-state index contributed by atoms with van der Waals surface area (Å²) in [5.74, 6) is 0.836. The minimum absolute atomic E-state index is 0.0551. The predicted octanol–water partition coefficient (Wildman–Crippen LogP) is 3.45. The van der Waals surface area contributed by atoms with Gasteiger partial charge in [-0.3, -0.25) is 9.59 Å². The van der Waals surface area contributed by atoms with Crippen LogP contribution < -0.4 is 9.47 Å². The van der Waals surface area contributed by atoms with Gasteiger partial charge >= 0.3 is 5.97 Å². The average molecular weight is 375 g/mol. The van der Waals surface area contributed by atoms with Gasteiger partial charge < -0.3 is 19.5 Å². The van der Waals surface area contributed by atoms with Gasteiger partial charge in [0.25, 0.3) is 5.91 Å². The van der Waals surface area contributed by atoms with E-state index in [1.165, 1.54) is 0 Å². The maximum absolute atomic E-state index is 13.0. The van der Waals surface area contributed by atoms with Crippen molar-refractivity contribution in [3.8, 4) is 11.5 Å². The Kier molecular flexibility index (Phi) is 5.63. The van der Waals surface area contributed by atoms with E-state index in [-0.39, 0.29) is 11.8 Å². The zero-order valence-electron chi connectivity index (χ0n) is 16.4. The number of amides is 1. The summed E-state index contributed by atoms with van der Waals surface area (Å²) in [6, 6.07) is 5.18. The Morgan fingerprint density at radius 1 is 1.33 bits per heavy atom. The molecule has 0 aromatic heterocycles. The van der Waals surface area contributed by atoms with Crippen molar-refractivity contribution in [1.82, 2.24) is 4.90 Å². The lowest BCUT2D eigenvalue weighted by molar-refractivity contribution is -0.149. The fraction of sp³-hybridized carbons (Fsp3) is 0.619. The van der Waals surface area contributed by atoms with Gasteiger partial charge in [-0.1, -0.05) is 20.3 Å². The second-order valence-corrected chi connectivity index (χ2v) is 8.13. The quantitative estimate of drug-likeness (QED) is 0.790. The lowest BCUT2D eigenvalue weighted by Crippen LogP contribution is -2.37. The highest BCUT2D eigenvalue weighted by Gasteiger charge is 2.55. The number of benzene rings is 1. The van der Waals surface area contributed by atoms with Crippen molar-refractivity contribution in [1.29, 1.82) is 0 Å². The normalized spacial score (nSPS) is 24.1. The summed E-state index contributed by atoms with van der Waals surface area (Å²) in [6.07, 6.45) is 3.40. The molecular weight excluding hydrogens is 346 g/mol. The van der Waals surface area contributed by atoms with E-state index in [4.69, 9.17) is 9.47 Å². The van der Waals surface area contributed by atoms with Gasteiger partial charge in [0, 0.05) is 18.7 Å². The molecule has 1 aliphatic carbocycles. The van der Waals surface area contributed by atoms with Crippen LogP contribution in [-0.2, 0) is 4.79 Å². The standard InChI is InChI=1S/C21H29NO5/c1-14(2)8-10-27-17-7-6-15(11-18(17)26-3)19(23)22-12-16-5-4-9-21(16,13-22)20(24)25/h6-7,11,14,16H,4-5,8-10,12-13H2,1-3H3,(H,24,25)/t16-,21+/m0/s1. The van der Waals surface area contributed by atoms with E-state index in [2.05, 4.69) is 13.8 Å². The topological polar surface area (TPSA) is 76.1 Å². The van der Waals surface area contributed by atoms with Crippen LogP contribution in [0.4, 0.5) is 0 Å². The van der Waals surface area contributed by atoms with E-state index in [0.717, 1.165) is 19.3 Å². The molecule has 2 fully saturated rings. The van der Waals surface area contributed by atoms with Crippen LogP contribution in [0.5, 0.6) is 11.5 Å². The molecule has 1 amide bonds. The molecule has 6 nitrogen and oxygen atoms in total. The van der Waals surface area contributed by atoms with Crippen molar-refractivity contribution in [3.63, 3.8) is 0 Å². The summed E-state index contributed by atoms with van der Waals surface area (Å²) >= 11 is 0. The number of ether oxygens (including phenoxy) is 2. The average Bonchev–Trinajstić information content (AvgIpc) is 3.19. The van der Waals surface area contributed by atoms with Crippen LogP contribution in [0.25, 0.3) is 0 Å². The minimum Gasteiger partial charge on any atom is -0.493 e. The lowest BCUT2D eigenvalue weighted by Gasteiger charge is -2.23. The van der Waals surface area contributed by atoms with Gasteiger partial charge in [-0.15, -0.1) is 0 Å². The van der Waals surface area contributed by atoms with E-state index in [0.29, 0.717) is 49.1 Å². The van der Waals surface area contributed by atoms with E-state index >= 15 is 0 Å². The molecule has 0 unspecified atom stereocenters. The number of carboxylic acids is 1. The predicted molar refractivity (Wildman–Crippen MR) is 101 cm³/mol. The molecule has 148 valence electrons. The molecule has 1 N–H and O–H groups in total. The van der Waals surface area contributed by atoms with E-state index < -0.39 is 11.4 Å². The zero-order valence-corrected chi connectivity index (χ0v) is 16.4. The van der Waals surface area contributed by atoms with Crippen molar-refractivity contribution in [2.75, 3.05) is 26.8 Å². The number of nitrogens with zero attached hydrogens (tertiary/aromatic N) is 1. The lowest BCUT2D eigenvalue weighted by atomic mass is 9.81. The van der Waals surface area contributed by atoms with Crippen molar-refractivity contribution in [3.05, 3.63) is 23.8 Å². The van der Waals surface area contributed by atoms with Crippen LogP contribution in [0.15, 0.2) is 18.2 Å². The van der Waals surface area contributed by atoms with Crippen LogP contribution in [0.2, 0.25) is 0 Å². The molecule has 2 aliphatic rings. The number of aliphatic carboxylic acids is 1. The number of carboxylic acid groups (broad SMARTS) is 1. The van der Waals surface area contributed by atoms with Gasteiger partial charge in [-0.25, -0.2) is 0 Å². The van der Waals surface area contributed by atoms with E-state index in [1.54, 1.807) is 30.2 Å². The molecule has 6 heteroatoms. The Morgan fingerprint density at radius 3 is 2.74 bits per heavy atom. The molecule has 1 heterocycles. The first-order chi connectivity index (χ1) is 12.9. The second kappa shape index (κ2) is 7.79. The second-order valence-electron chi connectivity index (χ2n) is 8.13. The molecular formula is C21H29NO5. The van der Waals surface area contributed by atoms with Crippen molar-refractivity contribution < 1.29 is 24.2 Å². The smallest absolute Gasteiger partial charge is 0.311 e. The monoisotopic (exact) mass is 375 g/mol. The summed E-state index contributed by atoms with van der Waals surface area (Å²) in [5, 5.41) is 9.71. The minimum atomic E-state index is -0.771. The number of carbonyl (C=O) groups excluding carboxylic acids is 1. The number of methoxy groups -OCH3 is 1. The highest BCUT2D eigenvalue weighted by molar-refractivity contribution is 5.96. The Bertz CT molecular complexity index is 717. The Hall–Kier alpha value is -2.24. The van der Waals surface area contributed by atoms with Crippen molar-refractivity contribution in [2.24, 2.45) is 17.3 Å². The number of likely N-dealkylation sites (tertiary alicyclic amines) is 1. The molecule has 1 saturated heterocycles. The molecule has 3 rings (SSSR count). The number of rotatable bonds is 7. The Labute approximate surface area is 160 Å². The van der Waals surface area contributed by atoms with Crippen LogP contribution in [-0.4, -0.2) is 48.7 Å². The van der Waals surface area contributed by atoms with Gasteiger partial charge in [0.2, 0.25) is 0 Å². The highest BCUT2D eigenvalue weighted by Crippen LogP contribution is 2.49. The van der Waals surface area contributed by atoms with E-state index in [9.17, 15) is 14.7 Å². The summed E-state index contributed by atoms with van der Waals surface area (Å²) in [6.45, 7) is 5.67. The third kappa shape index (κ3) is 3.75. The van der Waals surface area contributed by atoms with Crippen LogP contribution in [0.3, 0.4) is 0 Å². The number of carbonyl (C=O) groups is 2. The molecule has 1 saturated carbocycles. The fourth-order valence-electron chi connectivity index (χ4n) is 4.30. The first kappa shape index (κ1) is 19.5. The van der Waals surface area contributed by atoms with Crippen LogP contribution in [0, 0.1) is 17.3 Å². The Morgan fingerprint density at radius 2 is 2.11 bits per heavy atom. The maximum Gasteiger partial charge on any atom is 0.311 e. The summed E-state index contributed by atoms with van der Waals surface area (Å²) in [7, 11) is 1.55. The molecule has 1 aromatic rings. The SMILES string of the molecule is COc1cc(C(=O)N2C[C@@H]3CCC[C@@]3(C(=O)O)C2)ccc1OCCC(C)C. The number of fused-ring (bicyclic) bond motifs is 1. The summed E-state index contributed by atoms with van der Waals surface area (Å²) in [5.41, 5.74) is -0.261. The number of hydrogen-bond acceptors (Lipinski definition) is 4. The molecule has 0 bridgehead atoms. The maximum atomic E-state index is 13.0. The van der Waals surface area contributed by atoms with Crippen molar-refractivity contribution in [2.45, 2.75) is 39.5 Å². The van der Waals surface area contributed by atoms with Gasteiger partial charge in [0.1, 0.15) is 0 Å². The van der Waals surface area contributed by atoms with Crippen molar-refractivity contribution >= 4 is 11.9 Å². The fourth-order valence-corrected chi connectivity index (χ4v) is 4.30. The van der Waals surface area contributed by atoms with Crippen LogP contribution in [0.1, 0.15) is 49.9 Å².